The van der Waals surface area contributed by atoms with Gasteiger partial charge in [-0.25, -0.2) is 14.5 Å². The zero-order valence-corrected chi connectivity index (χ0v) is 13.9. The zero-order valence-electron chi connectivity index (χ0n) is 13.9. The highest BCUT2D eigenvalue weighted by atomic mass is 16.5. The molecular weight excluding hydrogens is 326 g/mol. The van der Waals surface area contributed by atoms with E-state index in [1.54, 1.807) is 28.9 Å². The summed E-state index contributed by atoms with van der Waals surface area (Å²) in [6.07, 6.45) is 2.94. The van der Waals surface area contributed by atoms with E-state index in [-0.39, 0.29) is 18.5 Å². The minimum absolute atomic E-state index is 0.0114. The number of carbonyl (C=O) groups excluding carboxylic acids is 3. The second kappa shape index (κ2) is 8.57. The molecule has 132 valence electrons. The summed E-state index contributed by atoms with van der Waals surface area (Å²) in [4.78, 5) is 38.7. The summed E-state index contributed by atoms with van der Waals surface area (Å²) in [5.41, 5.74) is 1.04. The number of nitrogens with one attached hydrogen (secondary N) is 2. The molecule has 1 aromatic heterocycles. The van der Waals surface area contributed by atoms with E-state index < -0.39 is 18.5 Å². The van der Waals surface area contributed by atoms with E-state index in [1.807, 2.05) is 13.8 Å². The Hall–Kier alpha value is -3.23. The minimum atomic E-state index is -0.632. The van der Waals surface area contributed by atoms with E-state index in [0.717, 1.165) is 5.69 Å². The number of hydrogen-bond donors (Lipinski definition) is 2. The van der Waals surface area contributed by atoms with E-state index >= 15 is 0 Å². The van der Waals surface area contributed by atoms with Gasteiger partial charge in [-0.2, -0.15) is 5.10 Å². The predicted octanol–water partition coefficient (Wildman–Crippen LogP) is 0.0649. The van der Waals surface area contributed by atoms with Gasteiger partial charge >= 0.3 is 5.97 Å². The molecule has 1 aromatic carbocycles. The maximum absolute atomic E-state index is 11.9. The van der Waals surface area contributed by atoms with Gasteiger partial charge in [0.15, 0.2) is 6.61 Å². The average Bonchev–Trinajstić information content (AvgIpc) is 3.12. The summed E-state index contributed by atoms with van der Waals surface area (Å²) >= 11 is 0. The van der Waals surface area contributed by atoms with Crippen LogP contribution in [0, 0.1) is 0 Å². The van der Waals surface area contributed by atoms with Crippen molar-refractivity contribution in [1.29, 1.82) is 0 Å². The van der Waals surface area contributed by atoms with Crippen molar-refractivity contribution in [2.24, 2.45) is 0 Å². The molecule has 0 atom stereocenters. The highest BCUT2D eigenvalue weighted by Crippen LogP contribution is 2.09. The molecule has 9 heteroatoms. The van der Waals surface area contributed by atoms with Crippen LogP contribution in [-0.4, -0.2) is 51.7 Å². The monoisotopic (exact) mass is 345 g/mol. The SMILES string of the molecule is CC(C)NC(=O)CNC(=O)COC(=O)c1ccc(-n2cncn2)cc1. The number of hydrogen-bond acceptors (Lipinski definition) is 6. The normalized spacial score (nSPS) is 10.4. The topological polar surface area (TPSA) is 115 Å². The average molecular weight is 345 g/mol. The van der Waals surface area contributed by atoms with E-state index in [1.165, 1.54) is 12.7 Å². The first-order valence-electron chi connectivity index (χ1n) is 7.64. The third-order valence-electron chi connectivity index (χ3n) is 3.02. The van der Waals surface area contributed by atoms with Crippen molar-refractivity contribution in [3.05, 3.63) is 42.5 Å². The van der Waals surface area contributed by atoms with Crippen LogP contribution in [0.3, 0.4) is 0 Å². The highest BCUT2D eigenvalue weighted by Gasteiger charge is 2.11. The summed E-state index contributed by atoms with van der Waals surface area (Å²) in [6, 6.07) is 6.48. The standard InChI is InChI=1S/C16H19N5O4/c1-11(2)20-14(22)7-18-15(23)8-25-16(24)12-3-5-13(6-4-12)21-10-17-9-19-21/h3-6,9-11H,7-8H2,1-2H3,(H,18,23)(H,20,22). The fourth-order valence-electron chi connectivity index (χ4n) is 1.91. The largest absolute Gasteiger partial charge is 0.452 e. The molecule has 9 nitrogen and oxygen atoms in total. The van der Waals surface area contributed by atoms with Crippen LogP contribution < -0.4 is 10.6 Å². The number of amides is 2. The zero-order chi connectivity index (χ0) is 18.2. The Kier molecular flexibility index (Phi) is 6.21. The first kappa shape index (κ1) is 18.1. The van der Waals surface area contributed by atoms with Gasteiger partial charge in [0.2, 0.25) is 5.91 Å². The van der Waals surface area contributed by atoms with Gasteiger partial charge in [-0.1, -0.05) is 0 Å². The molecule has 0 aliphatic carbocycles. The lowest BCUT2D eigenvalue weighted by molar-refractivity contribution is -0.128. The quantitative estimate of drug-likeness (QED) is 0.686. The number of rotatable bonds is 7. The fraction of sp³-hybridized carbons (Fsp3) is 0.312. The van der Waals surface area contributed by atoms with Crippen molar-refractivity contribution in [2.45, 2.75) is 19.9 Å². The van der Waals surface area contributed by atoms with E-state index in [0.29, 0.717) is 5.56 Å². The van der Waals surface area contributed by atoms with Crippen molar-refractivity contribution in [2.75, 3.05) is 13.2 Å². The predicted molar refractivity (Wildman–Crippen MR) is 87.9 cm³/mol. The van der Waals surface area contributed by atoms with Crippen LogP contribution in [0.4, 0.5) is 0 Å². The van der Waals surface area contributed by atoms with Gasteiger partial charge in [0.1, 0.15) is 12.7 Å². The highest BCUT2D eigenvalue weighted by molar-refractivity contribution is 5.92. The fourth-order valence-corrected chi connectivity index (χ4v) is 1.91. The lowest BCUT2D eigenvalue weighted by Crippen LogP contribution is -2.41. The number of benzene rings is 1. The molecule has 2 aromatic rings. The molecule has 0 spiro atoms. The first-order valence-corrected chi connectivity index (χ1v) is 7.64. The molecule has 0 saturated heterocycles. The number of ether oxygens (including phenoxy) is 1. The van der Waals surface area contributed by atoms with E-state index in [9.17, 15) is 14.4 Å². The van der Waals surface area contributed by atoms with E-state index in [2.05, 4.69) is 20.7 Å². The lowest BCUT2D eigenvalue weighted by Gasteiger charge is -2.09. The molecule has 0 unspecified atom stereocenters. The van der Waals surface area contributed by atoms with Gasteiger partial charge in [-0.3, -0.25) is 9.59 Å². The number of carbonyl (C=O) groups is 3. The minimum Gasteiger partial charge on any atom is -0.452 e. The Balaban J connectivity index is 1.78. The molecule has 25 heavy (non-hydrogen) atoms. The maximum Gasteiger partial charge on any atom is 0.338 e. The lowest BCUT2D eigenvalue weighted by atomic mass is 10.2. The third kappa shape index (κ3) is 5.72. The van der Waals surface area contributed by atoms with Crippen LogP contribution in [-0.2, 0) is 14.3 Å². The summed E-state index contributed by atoms with van der Waals surface area (Å²) < 4.78 is 6.46. The second-order valence-electron chi connectivity index (χ2n) is 5.46. The van der Waals surface area contributed by atoms with Crippen LogP contribution >= 0.6 is 0 Å². The molecule has 1 heterocycles. The van der Waals surface area contributed by atoms with Crippen LogP contribution in [0.15, 0.2) is 36.9 Å². The summed E-state index contributed by atoms with van der Waals surface area (Å²) in [5, 5.41) is 8.99. The van der Waals surface area contributed by atoms with Crippen molar-refractivity contribution < 1.29 is 19.1 Å². The molecule has 0 aliphatic heterocycles. The number of nitrogens with zero attached hydrogens (tertiary/aromatic N) is 3. The van der Waals surface area contributed by atoms with Gasteiger partial charge in [-0.05, 0) is 38.1 Å². The molecule has 0 fully saturated rings. The van der Waals surface area contributed by atoms with Crippen LogP contribution in [0.5, 0.6) is 0 Å². The Morgan fingerprint density at radius 1 is 1.16 bits per heavy atom. The smallest absolute Gasteiger partial charge is 0.338 e. The second-order valence-corrected chi connectivity index (χ2v) is 5.46. The Bertz CT molecular complexity index is 725. The summed E-state index contributed by atoms with van der Waals surface area (Å²) in [5.74, 6) is -1.49. The molecule has 0 bridgehead atoms. The molecule has 0 aliphatic rings. The van der Waals surface area contributed by atoms with Gasteiger partial charge in [0.05, 0.1) is 17.8 Å². The molecule has 2 amide bonds. The summed E-state index contributed by atoms with van der Waals surface area (Å²) in [6.45, 7) is 3.01. The van der Waals surface area contributed by atoms with Crippen LogP contribution in [0.1, 0.15) is 24.2 Å². The molecule has 2 rings (SSSR count). The number of aromatic nitrogens is 3. The maximum atomic E-state index is 11.9. The van der Waals surface area contributed by atoms with Crippen molar-refractivity contribution in [3.8, 4) is 5.69 Å². The molecule has 0 saturated carbocycles. The van der Waals surface area contributed by atoms with Gasteiger partial charge < -0.3 is 15.4 Å². The van der Waals surface area contributed by atoms with Crippen molar-refractivity contribution >= 4 is 17.8 Å². The molecular formula is C16H19N5O4. The Labute approximate surface area is 144 Å². The van der Waals surface area contributed by atoms with Crippen LogP contribution in [0.25, 0.3) is 5.69 Å². The first-order chi connectivity index (χ1) is 12.0. The van der Waals surface area contributed by atoms with Crippen LogP contribution in [0.2, 0.25) is 0 Å². The van der Waals surface area contributed by atoms with Gasteiger partial charge in [-0.15, -0.1) is 0 Å². The Morgan fingerprint density at radius 2 is 1.88 bits per heavy atom. The van der Waals surface area contributed by atoms with Gasteiger partial charge in [0, 0.05) is 6.04 Å². The number of esters is 1. The summed E-state index contributed by atoms with van der Waals surface area (Å²) in [7, 11) is 0. The van der Waals surface area contributed by atoms with Crippen molar-refractivity contribution in [1.82, 2.24) is 25.4 Å². The van der Waals surface area contributed by atoms with E-state index in [4.69, 9.17) is 4.74 Å². The molecule has 2 N–H and O–H groups in total. The van der Waals surface area contributed by atoms with Gasteiger partial charge in [0.25, 0.3) is 5.91 Å². The molecule has 0 radical (unpaired) electrons. The third-order valence-corrected chi connectivity index (χ3v) is 3.02. The van der Waals surface area contributed by atoms with Crippen molar-refractivity contribution in [3.63, 3.8) is 0 Å². The Morgan fingerprint density at radius 3 is 2.48 bits per heavy atom.